The van der Waals surface area contributed by atoms with Gasteiger partial charge in [-0.25, -0.2) is 0 Å². The standard InChI is InChI=1S/C15H25NO3/c1-19-11-14(6-7-14)13(17)16-9-8-15(18)5-3-2-4-12(15)10-16/h12,18H,2-11H2,1H3/t12-,15-/m0/s1. The van der Waals surface area contributed by atoms with E-state index in [-0.39, 0.29) is 17.2 Å². The molecule has 3 aliphatic rings. The van der Waals surface area contributed by atoms with E-state index in [0.717, 1.165) is 51.6 Å². The van der Waals surface area contributed by atoms with E-state index in [0.29, 0.717) is 6.61 Å². The first-order valence-electron chi connectivity index (χ1n) is 7.60. The predicted molar refractivity (Wildman–Crippen MR) is 71.6 cm³/mol. The zero-order valence-corrected chi connectivity index (χ0v) is 11.9. The molecule has 2 saturated carbocycles. The zero-order chi connectivity index (χ0) is 13.5. The number of rotatable bonds is 3. The van der Waals surface area contributed by atoms with Crippen molar-refractivity contribution in [3.8, 4) is 0 Å². The lowest BCUT2D eigenvalue weighted by Crippen LogP contribution is -2.56. The summed E-state index contributed by atoms with van der Waals surface area (Å²) < 4.78 is 5.21. The van der Waals surface area contributed by atoms with E-state index >= 15 is 0 Å². The number of ether oxygens (including phenoxy) is 1. The molecule has 3 fully saturated rings. The lowest BCUT2D eigenvalue weighted by Gasteiger charge is -2.48. The lowest BCUT2D eigenvalue weighted by atomic mass is 9.71. The quantitative estimate of drug-likeness (QED) is 0.844. The summed E-state index contributed by atoms with van der Waals surface area (Å²) in [4.78, 5) is 14.6. The molecule has 3 rings (SSSR count). The molecule has 2 atom stereocenters. The average molecular weight is 267 g/mol. The number of carbonyl (C=O) groups excluding carboxylic acids is 1. The monoisotopic (exact) mass is 267 g/mol. The molecule has 2 aliphatic carbocycles. The Labute approximate surface area is 115 Å². The van der Waals surface area contributed by atoms with Gasteiger partial charge >= 0.3 is 0 Å². The summed E-state index contributed by atoms with van der Waals surface area (Å²) in [6.45, 7) is 2.02. The first kappa shape index (κ1) is 13.4. The number of hydrogen-bond acceptors (Lipinski definition) is 3. The Morgan fingerprint density at radius 2 is 2.11 bits per heavy atom. The molecule has 1 saturated heterocycles. The highest BCUT2D eigenvalue weighted by Gasteiger charge is 2.54. The summed E-state index contributed by atoms with van der Waals surface area (Å²) in [7, 11) is 1.67. The molecule has 4 heteroatoms. The predicted octanol–water partition coefficient (Wildman–Crippen LogP) is 1.57. The third-order valence-electron chi connectivity index (χ3n) is 5.44. The van der Waals surface area contributed by atoms with Gasteiger partial charge in [-0.05, 0) is 32.1 Å². The summed E-state index contributed by atoms with van der Waals surface area (Å²) in [6, 6.07) is 0. The number of hydrogen-bond donors (Lipinski definition) is 1. The molecule has 0 unspecified atom stereocenters. The minimum absolute atomic E-state index is 0.223. The molecule has 0 aromatic rings. The molecule has 108 valence electrons. The second-order valence-electron chi connectivity index (χ2n) is 6.76. The van der Waals surface area contributed by atoms with Gasteiger partial charge in [0.05, 0.1) is 17.6 Å². The number of likely N-dealkylation sites (tertiary alicyclic amines) is 1. The Hall–Kier alpha value is -0.610. The average Bonchev–Trinajstić information content (AvgIpc) is 3.18. The van der Waals surface area contributed by atoms with Gasteiger partial charge in [-0.3, -0.25) is 4.79 Å². The van der Waals surface area contributed by atoms with Crippen LogP contribution in [-0.4, -0.2) is 48.3 Å². The number of aliphatic hydroxyl groups is 1. The van der Waals surface area contributed by atoms with Gasteiger partial charge in [-0.1, -0.05) is 12.8 Å². The summed E-state index contributed by atoms with van der Waals surface area (Å²) in [5.41, 5.74) is -0.716. The second kappa shape index (κ2) is 4.74. The highest BCUT2D eigenvalue weighted by Crippen LogP contribution is 2.49. The molecule has 0 aromatic carbocycles. The molecule has 4 nitrogen and oxygen atoms in total. The van der Waals surface area contributed by atoms with Gasteiger partial charge in [-0.2, -0.15) is 0 Å². The number of nitrogens with zero attached hydrogens (tertiary/aromatic N) is 1. The van der Waals surface area contributed by atoms with Crippen molar-refractivity contribution >= 4 is 5.91 Å². The molecule has 1 amide bonds. The Morgan fingerprint density at radius 3 is 2.79 bits per heavy atom. The second-order valence-corrected chi connectivity index (χ2v) is 6.76. The lowest BCUT2D eigenvalue weighted by molar-refractivity contribution is -0.150. The Bertz CT molecular complexity index is 366. The summed E-state index contributed by atoms with van der Waals surface area (Å²) in [5, 5.41) is 10.6. The first-order chi connectivity index (χ1) is 9.10. The number of piperidine rings is 1. The van der Waals surface area contributed by atoms with Crippen LogP contribution < -0.4 is 0 Å². The van der Waals surface area contributed by atoms with Crippen molar-refractivity contribution in [2.45, 2.75) is 50.5 Å². The van der Waals surface area contributed by atoms with Crippen LogP contribution in [0.4, 0.5) is 0 Å². The number of methoxy groups -OCH3 is 1. The number of carbonyl (C=O) groups is 1. The molecule has 1 heterocycles. The normalized spacial score (nSPS) is 36.7. The fourth-order valence-electron chi connectivity index (χ4n) is 3.94. The fourth-order valence-corrected chi connectivity index (χ4v) is 3.94. The SMILES string of the molecule is COCC1(C(=O)N2CC[C@@]3(O)CCCC[C@H]3C2)CC1. The molecule has 0 aromatic heterocycles. The van der Waals surface area contributed by atoms with Crippen LogP contribution >= 0.6 is 0 Å². The maximum Gasteiger partial charge on any atom is 0.231 e. The molecule has 19 heavy (non-hydrogen) atoms. The number of fused-ring (bicyclic) bond motifs is 1. The van der Waals surface area contributed by atoms with Gasteiger partial charge in [0, 0.05) is 26.1 Å². The Kier molecular flexibility index (Phi) is 3.34. The van der Waals surface area contributed by atoms with Gasteiger partial charge in [0.25, 0.3) is 0 Å². The van der Waals surface area contributed by atoms with Gasteiger partial charge in [0.15, 0.2) is 0 Å². The van der Waals surface area contributed by atoms with Crippen LogP contribution in [0.15, 0.2) is 0 Å². The van der Waals surface area contributed by atoms with E-state index in [9.17, 15) is 9.90 Å². The van der Waals surface area contributed by atoms with Crippen LogP contribution in [0.5, 0.6) is 0 Å². The van der Waals surface area contributed by atoms with Crippen LogP contribution in [0.25, 0.3) is 0 Å². The van der Waals surface area contributed by atoms with Crippen molar-refractivity contribution < 1.29 is 14.6 Å². The van der Waals surface area contributed by atoms with Gasteiger partial charge < -0.3 is 14.7 Å². The van der Waals surface area contributed by atoms with E-state index in [4.69, 9.17) is 4.74 Å². The van der Waals surface area contributed by atoms with E-state index in [1.807, 2.05) is 4.90 Å². The van der Waals surface area contributed by atoms with E-state index in [1.54, 1.807) is 7.11 Å². The highest BCUT2D eigenvalue weighted by atomic mass is 16.5. The van der Waals surface area contributed by atoms with Crippen molar-refractivity contribution in [3.63, 3.8) is 0 Å². The Morgan fingerprint density at radius 1 is 1.32 bits per heavy atom. The van der Waals surface area contributed by atoms with Crippen LogP contribution in [0.1, 0.15) is 44.9 Å². The van der Waals surface area contributed by atoms with Crippen LogP contribution in [-0.2, 0) is 9.53 Å². The molecule has 0 radical (unpaired) electrons. The minimum Gasteiger partial charge on any atom is -0.389 e. The fraction of sp³-hybridized carbons (Fsp3) is 0.933. The highest BCUT2D eigenvalue weighted by molar-refractivity contribution is 5.85. The molecule has 0 bridgehead atoms. The van der Waals surface area contributed by atoms with E-state index < -0.39 is 5.60 Å². The maximum absolute atomic E-state index is 12.6. The van der Waals surface area contributed by atoms with Gasteiger partial charge in [0.1, 0.15) is 0 Å². The third kappa shape index (κ3) is 2.29. The third-order valence-corrected chi connectivity index (χ3v) is 5.44. The zero-order valence-electron chi connectivity index (χ0n) is 11.9. The van der Waals surface area contributed by atoms with Crippen LogP contribution in [0, 0.1) is 11.3 Å². The molecule has 0 spiro atoms. The number of amides is 1. The van der Waals surface area contributed by atoms with Crippen LogP contribution in [0.3, 0.4) is 0 Å². The molecular formula is C15H25NO3. The maximum atomic E-state index is 12.6. The first-order valence-corrected chi connectivity index (χ1v) is 7.60. The van der Waals surface area contributed by atoms with Crippen molar-refractivity contribution in [2.75, 3.05) is 26.8 Å². The smallest absolute Gasteiger partial charge is 0.231 e. The van der Waals surface area contributed by atoms with Gasteiger partial charge in [-0.15, -0.1) is 0 Å². The molecule has 1 N–H and O–H groups in total. The van der Waals surface area contributed by atoms with Gasteiger partial charge in [0.2, 0.25) is 5.91 Å². The van der Waals surface area contributed by atoms with Crippen LogP contribution in [0.2, 0.25) is 0 Å². The van der Waals surface area contributed by atoms with E-state index in [1.165, 1.54) is 6.42 Å². The van der Waals surface area contributed by atoms with Crippen molar-refractivity contribution in [1.82, 2.24) is 4.90 Å². The van der Waals surface area contributed by atoms with E-state index in [2.05, 4.69) is 0 Å². The molecule has 1 aliphatic heterocycles. The Balaban J connectivity index is 1.66. The van der Waals surface area contributed by atoms with Crippen molar-refractivity contribution in [1.29, 1.82) is 0 Å². The van der Waals surface area contributed by atoms with Crippen molar-refractivity contribution in [2.24, 2.45) is 11.3 Å². The topological polar surface area (TPSA) is 49.8 Å². The molecular weight excluding hydrogens is 242 g/mol. The summed E-state index contributed by atoms with van der Waals surface area (Å²) >= 11 is 0. The minimum atomic E-state index is -0.493. The summed E-state index contributed by atoms with van der Waals surface area (Å²) in [6.07, 6.45) is 7.00. The van der Waals surface area contributed by atoms with Crippen molar-refractivity contribution in [3.05, 3.63) is 0 Å². The largest absolute Gasteiger partial charge is 0.389 e. The summed E-state index contributed by atoms with van der Waals surface area (Å²) in [5.74, 6) is 0.555.